The fourth-order valence-electron chi connectivity index (χ4n) is 1.21. The second kappa shape index (κ2) is 4.94. The Morgan fingerprint density at radius 2 is 2.13 bits per heavy atom. The summed E-state index contributed by atoms with van der Waals surface area (Å²) >= 11 is 1.04. The third-order valence-electron chi connectivity index (χ3n) is 1.91. The monoisotopic (exact) mass is 241 g/mol. The summed E-state index contributed by atoms with van der Waals surface area (Å²) in [5, 5.41) is 3.97. The zero-order chi connectivity index (χ0) is 11.5. The summed E-state index contributed by atoms with van der Waals surface area (Å²) in [5.41, 5.74) is 0. The van der Waals surface area contributed by atoms with Gasteiger partial charge in [0.2, 0.25) is 0 Å². The van der Waals surface area contributed by atoms with E-state index in [1.807, 2.05) is 0 Å². The van der Waals surface area contributed by atoms with Gasteiger partial charge in [-0.15, -0.1) is 11.3 Å². The van der Waals surface area contributed by atoms with E-state index >= 15 is 0 Å². The molecule has 86 valence electrons. The average Bonchev–Trinajstić information content (AvgIpc) is 2.66. The van der Waals surface area contributed by atoms with E-state index in [-0.39, 0.29) is 11.4 Å². The zero-order valence-electron chi connectivity index (χ0n) is 8.01. The molecule has 0 saturated heterocycles. The first kappa shape index (κ1) is 12.4. The highest BCUT2D eigenvalue weighted by molar-refractivity contribution is 7.10. The van der Waals surface area contributed by atoms with Crippen molar-refractivity contribution in [1.29, 1.82) is 0 Å². The van der Waals surface area contributed by atoms with E-state index in [0.717, 1.165) is 11.3 Å². The number of alkyl halides is 4. The molecule has 0 bridgehead atoms. The van der Waals surface area contributed by atoms with Gasteiger partial charge >= 0.3 is 12.3 Å². The van der Waals surface area contributed by atoms with Gasteiger partial charge in [0.25, 0.3) is 0 Å². The molecule has 1 heterocycles. The number of hydrogen-bond donors (Lipinski definition) is 1. The summed E-state index contributed by atoms with van der Waals surface area (Å²) in [7, 11) is 0. The molecule has 0 aromatic carbocycles. The van der Waals surface area contributed by atoms with Crippen LogP contribution in [0.4, 0.5) is 17.6 Å². The Morgan fingerprint density at radius 1 is 1.47 bits per heavy atom. The van der Waals surface area contributed by atoms with E-state index in [1.54, 1.807) is 18.4 Å². The van der Waals surface area contributed by atoms with Gasteiger partial charge in [-0.1, -0.05) is 13.0 Å². The van der Waals surface area contributed by atoms with Crippen molar-refractivity contribution in [3.05, 3.63) is 22.4 Å². The summed E-state index contributed by atoms with van der Waals surface area (Å²) in [6, 6.07) is 1.38. The largest absolute Gasteiger partial charge is 0.327 e. The first-order chi connectivity index (χ1) is 7.00. The second-order valence-electron chi connectivity index (χ2n) is 2.98. The molecule has 1 nitrogen and oxygen atoms in total. The van der Waals surface area contributed by atoms with Gasteiger partial charge in [-0.2, -0.15) is 8.78 Å². The fraction of sp³-hybridized carbons (Fsp3) is 0.556. The highest BCUT2D eigenvalue weighted by Crippen LogP contribution is 2.38. The number of halogens is 4. The van der Waals surface area contributed by atoms with E-state index < -0.39 is 18.4 Å². The average molecular weight is 241 g/mol. The zero-order valence-corrected chi connectivity index (χ0v) is 8.83. The van der Waals surface area contributed by atoms with Gasteiger partial charge in [0.15, 0.2) is 0 Å². The molecule has 15 heavy (non-hydrogen) atoms. The SMILES string of the molecule is CCNC(c1cccs1)C(F)(F)C(F)F. The molecule has 0 saturated carbocycles. The molecule has 0 fully saturated rings. The lowest BCUT2D eigenvalue weighted by Gasteiger charge is -2.25. The Morgan fingerprint density at radius 3 is 2.53 bits per heavy atom. The maximum absolute atomic E-state index is 13.2. The first-order valence-corrected chi connectivity index (χ1v) is 5.30. The Kier molecular flexibility index (Phi) is 4.10. The molecule has 0 radical (unpaired) electrons. The molecule has 0 amide bonds. The minimum absolute atomic E-state index is 0.213. The van der Waals surface area contributed by atoms with Gasteiger partial charge in [0, 0.05) is 4.88 Å². The lowest BCUT2D eigenvalue weighted by molar-refractivity contribution is -0.150. The van der Waals surface area contributed by atoms with E-state index in [4.69, 9.17) is 0 Å². The quantitative estimate of drug-likeness (QED) is 0.780. The summed E-state index contributed by atoms with van der Waals surface area (Å²) in [6.45, 7) is 1.81. The Bertz CT molecular complexity index is 286. The van der Waals surface area contributed by atoms with Gasteiger partial charge in [0.05, 0.1) is 0 Å². The van der Waals surface area contributed by atoms with E-state index in [2.05, 4.69) is 5.32 Å². The number of nitrogens with one attached hydrogen (secondary N) is 1. The van der Waals surface area contributed by atoms with Crippen LogP contribution in [0.3, 0.4) is 0 Å². The minimum Gasteiger partial charge on any atom is -0.304 e. The van der Waals surface area contributed by atoms with Crippen LogP contribution in [0.25, 0.3) is 0 Å². The van der Waals surface area contributed by atoms with Crippen LogP contribution in [0.5, 0.6) is 0 Å². The number of hydrogen-bond acceptors (Lipinski definition) is 2. The lowest BCUT2D eigenvalue weighted by Crippen LogP contribution is -2.42. The van der Waals surface area contributed by atoms with Crippen molar-refractivity contribution in [2.75, 3.05) is 6.54 Å². The molecule has 6 heteroatoms. The topological polar surface area (TPSA) is 12.0 Å². The predicted molar refractivity (Wildman–Crippen MR) is 51.7 cm³/mol. The van der Waals surface area contributed by atoms with Crippen molar-refractivity contribution < 1.29 is 17.6 Å². The fourth-order valence-corrected chi connectivity index (χ4v) is 2.06. The molecule has 0 aliphatic carbocycles. The van der Waals surface area contributed by atoms with Gasteiger partial charge in [0.1, 0.15) is 6.04 Å². The highest BCUT2D eigenvalue weighted by atomic mass is 32.1. The van der Waals surface area contributed by atoms with Gasteiger partial charge in [-0.05, 0) is 18.0 Å². The molecule has 1 unspecified atom stereocenters. The molecule has 1 aromatic rings. The predicted octanol–water partition coefficient (Wildman–Crippen LogP) is 3.30. The Labute approximate surface area is 89.1 Å². The molecular formula is C9H11F4NS. The van der Waals surface area contributed by atoms with E-state index in [0.29, 0.717) is 0 Å². The maximum Gasteiger partial charge on any atom is 0.327 e. The van der Waals surface area contributed by atoms with Gasteiger partial charge < -0.3 is 5.32 Å². The minimum atomic E-state index is -4.04. The number of rotatable bonds is 5. The standard InChI is InChI=1S/C9H11F4NS/c1-2-14-7(6-4-3-5-15-6)9(12,13)8(10)11/h3-5,7-8,14H,2H2,1H3. The van der Waals surface area contributed by atoms with E-state index in [9.17, 15) is 17.6 Å². The molecule has 1 rings (SSSR count). The molecular weight excluding hydrogens is 230 g/mol. The van der Waals surface area contributed by atoms with Crippen molar-refractivity contribution in [2.24, 2.45) is 0 Å². The van der Waals surface area contributed by atoms with Gasteiger partial charge in [-0.25, -0.2) is 8.78 Å². The van der Waals surface area contributed by atoms with Crippen LogP contribution in [-0.2, 0) is 0 Å². The second-order valence-corrected chi connectivity index (χ2v) is 3.96. The lowest BCUT2D eigenvalue weighted by atomic mass is 10.1. The Balaban J connectivity index is 2.92. The molecule has 1 N–H and O–H groups in total. The summed E-state index contributed by atoms with van der Waals surface area (Å²) < 4.78 is 50.7. The smallest absolute Gasteiger partial charge is 0.304 e. The van der Waals surface area contributed by atoms with Crippen LogP contribution in [0.1, 0.15) is 17.8 Å². The summed E-state index contributed by atoms with van der Waals surface area (Å²) in [5.74, 6) is -4.04. The van der Waals surface area contributed by atoms with Crippen molar-refractivity contribution in [3.63, 3.8) is 0 Å². The van der Waals surface area contributed by atoms with E-state index in [1.165, 1.54) is 6.07 Å². The third-order valence-corrected chi connectivity index (χ3v) is 2.85. The van der Waals surface area contributed by atoms with Crippen molar-refractivity contribution in [3.8, 4) is 0 Å². The maximum atomic E-state index is 13.2. The number of thiophene rings is 1. The van der Waals surface area contributed by atoms with Crippen molar-refractivity contribution in [1.82, 2.24) is 5.32 Å². The first-order valence-electron chi connectivity index (χ1n) is 4.42. The molecule has 1 atom stereocenters. The third kappa shape index (κ3) is 2.69. The normalized spacial score (nSPS) is 14.5. The molecule has 0 aliphatic heterocycles. The van der Waals surface area contributed by atoms with Crippen LogP contribution in [-0.4, -0.2) is 18.9 Å². The molecule has 1 aromatic heterocycles. The van der Waals surface area contributed by atoms with Crippen LogP contribution in [0.2, 0.25) is 0 Å². The molecule has 0 spiro atoms. The van der Waals surface area contributed by atoms with Crippen molar-refractivity contribution >= 4 is 11.3 Å². The molecule has 0 aliphatic rings. The highest BCUT2D eigenvalue weighted by Gasteiger charge is 2.49. The van der Waals surface area contributed by atoms with Crippen LogP contribution < -0.4 is 5.32 Å². The summed E-state index contributed by atoms with van der Waals surface area (Å²) in [6.07, 6.45) is -3.66. The van der Waals surface area contributed by atoms with Crippen LogP contribution >= 0.6 is 11.3 Å². The van der Waals surface area contributed by atoms with Crippen molar-refractivity contribution in [2.45, 2.75) is 25.3 Å². The van der Waals surface area contributed by atoms with Crippen LogP contribution in [0, 0.1) is 0 Å². The Hall–Kier alpha value is -0.620. The summed E-state index contributed by atoms with van der Waals surface area (Å²) in [4.78, 5) is 0.224. The van der Waals surface area contributed by atoms with Crippen LogP contribution in [0.15, 0.2) is 17.5 Å². The van der Waals surface area contributed by atoms with Gasteiger partial charge in [-0.3, -0.25) is 0 Å².